The van der Waals surface area contributed by atoms with E-state index in [9.17, 15) is 9.90 Å². The summed E-state index contributed by atoms with van der Waals surface area (Å²) >= 11 is 1.65. The molecule has 28 heavy (non-hydrogen) atoms. The highest BCUT2D eigenvalue weighted by atomic mass is 32.1. The number of benzene rings is 1. The molecule has 0 aliphatic carbocycles. The molecule has 0 bridgehead atoms. The molecule has 2 aliphatic heterocycles. The number of likely N-dealkylation sites (tertiary alicyclic amines) is 2. The molecule has 2 fully saturated rings. The third-order valence-corrected chi connectivity index (χ3v) is 6.68. The van der Waals surface area contributed by atoms with Gasteiger partial charge in [-0.15, -0.1) is 11.3 Å². The van der Waals surface area contributed by atoms with Gasteiger partial charge in [0.2, 0.25) is 5.91 Å². The van der Waals surface area contributed by atoms with Crippen LogP contribution in [0, 0.1) is 5.92 Å². The van der Waals surface area contributed by atoms with E-state index in [4.69, 9.17) is 4.74 Å². The predicted molar refractivity (Wildman–Crippen MR) is 109 cm³/mol. The number of thiazole rings is 1. The van der Waals surface area contributed by atoms with E-state index < -0.39 is 6.10 Å². The van der Waals surface area contributed by atoms with E-state index in [1.165, 1.54) is 0 Å². The number of piperidine rings is 1. The van der Waals surface area contributed by atoms with Gasteiger partial charge in [0.15, 0.2) is 0 Å². The third kappa shape index (κ3) is 4.06. The van der Waals surface area contributed by atoms with Crippen molar-refractivity contribution in [2.45, 2.75) is 31.9 Å². The normalized spacial score (nSPS) is 23.1. The summed E-state index contributed by atoms with van der Waals surface area (Å²) in [6, 6.07) is 7.90. The highest BCUT2D eigenvalue weighted by molar-refractivity contribution is 7.15. The van der Waals surface area contributed by atoms with Gasteiger partial charge in [0, 0.05) is 43.8 Å². The number of methoxy groups -OCH3 is 1. The zero-order chi connectivity index (χ0) is 19.5. The first kappa shape index (κ1) is 19.4. The SMILES string of the molecule is COc1ccccc1-c1ncc(CN2CC[C@@H](O)[C@@H](C(=O)N3CCCC3)C2)s1. The minimum absolute atomic E-state index is 0.119. The van der Waals surface area contributed by atoms with Gasteiger partial charge in [-0.2, -0.15) is 0 Å². The summed E-state index contributed by atoms with van der Waals surface area (Å²) in [6.45, 7) is 3.83. The maximum absolute atomic E-state index is 12.8. The van der Waals surface area contributed by atoms with Crippen molar-refractivity contribution in [2.24, 2.45) is 5.92 Å². The Morgan fingerprint density at radius 3 is 2.86 bits per heavy atom. The van der Waals surface area contributed by atoms with Crippen molar-refractivity contribution >= 4 is 17.2 Å². The standard InChI is InChI=1S/C21H27N3O3S/c1-27-19-7-3-2-6-16(19)20-22-12-15(28-20)13-23-11-8-18(25)17(14-23)21(26)24-9-4-5-10-24/h2-3,6-7,12,17-18,25H,4-5,8-11,13-14H2,1H3/t17-,18+/m0/s1. The molecule has 1 aromatic heterocycles. The fourth-order valence-corrected chi connectivity index (χ4v) is 5.10. The Morgan fingerprint density at radius 2 is 2.07 bits per heavy atom. The van der Waals surface area contributed by atoms with Crippen LogP contribution in [-0.4, -0.2) is 65.2 Å². The topological polar surface area (TPSA) is 65.9 Å². The summed E-state index contributed by atoms with van der Waals surface area (Å²) in [4.78, 5) is 22.7. The molecule has 2 aliphatic rings. The van der Waals surface area contributed by atoms with Crippen LogP contribution in [0.1, 0.15) is 24.1 Å². The number of carbonyl (C=O) groups excluding carboxylic acids is 1. The van der Waals surface area contributed by atoms with Gasteiger partial charge in [0.25, 0.3) is 0 Å². The summed E-state index contributed by atoms with van der Waals surface area (Å²) < 4.78 is 5.45. The zero-order valence-corrected chi connectivity index (χ0v) is 17.0. The monoisotopic (exact) mass is 401 g/mol. The van der Waals surface area contributed by atoms with E-state index in [0.29, 0.717) is 13.0 Å². The molecule has 6 nitrogen and oxygen atoms in total. The quantitative estimate of drug-likeness (QED) is 0.834. The number of hydrogen-bond acceptors (Lipinski definition) is 6. The molecule has 1 amide bonds. The van der Waals surface area contributed by atoms with Crippen LogP contribution in [0.3, 0.4) is 0 Å². The number of aliphatic hydroxyl groups is 1. The summed E-state index contributed by atoms with van der Waals surface area (Å²) in [6.07, 6.45) is 4.17. The van der Waals surface area contributed by atoms with Gasteiger partial charge in [0.1, 0.15) is 10.8 Å². The smallest absolute Gasteiger partial charge is 0.229 e. The summed E-state index contributed by atoms with van der Waals surface area (Å²) in [5.41, 5.74) is 0.998. The minimum atomic E-state index is -0.532. The third-order valence-electron chi connectivity index (χ3n) is 5.67. The van der Waals surface area contributed by atoms with Crippen molar-refractivity contribution in [2.75, 3.05) is 33.3 Å². The van der Waals surface area contributed by atoms with Crippen molar-refractivity contribution in [1.82, 2.24) is 14.8 Å². The molecule has 4 rings (SSSR count). The first-order valence-electron chi connectivity index (χ1n) is 9.93. The van der Waals surface area contributed by atoms with Crippen molar-refractivity contribution in [1.29, 1.82) is 0 Å². The zero-order valence-electron chi connectivity index (χ0n) is 16.2. The average molecular weight is 402 g/mol. The summed E-state index contributed by atoms with van der Waals surface area (Å²) in [5.74, 6) is 0.628. The van der Waals surface area contributed by atoms with Crippen LogP contribution in [-0.2, 0) is 11.3 Å². The minimum Gasteiger partial charge on any atom is -0.496 e. The molecular formula is C21H27N3O3S. The molecule has 150 valence electrons. The predicted octanol–water partition coefficient (Wildman–Crippen LogP) is 2.62. The van der Waals surface area contributed by atoms with E-state index in [1.807, 2.05) is 35.4 Å². The van der Waals surface area contributed by atoms with Crippen LogP contribution in [0.25, 0.3) is 10.6 Å². The fraction of sp³-hybridized carbons (Fsp3) is 0.524. The molecule has 1 aromatic carbocycles. The lowest BCUT2D eigenvalue weighted by Crippen LogP contribution is -2.50. The molecule has 0 spiro atoms. The van der Waals surface area contributed by atoms with E-state index >= 15 is 0 Å². The Kier molecular flexibility index (Phi) is 5.94. The molecule has 2 atom stereocenters. The second-order valence-corrected chi connectivity index (χ2v) is 8.68. The van der Waals surface area contributed by atoms with Gasteiger partial charge in [0.05, 0.1) is 24.7 Å². The number of aromatic nitrogens is 1. The number of para-hydroxylation sites is 1. The van der Waals surface area contributed by atoms with Gasteiger partial charge in [-0.25, -0.2) is 4.98 Å². The molecular weight excluding hydrogens is 374 g/mol. The maximum atomic E-state index is 12.8. The molecule has 0 unspecified atom stereocenters. The number of aliphatic hydroxyl groups excluding tert-OH is 1. The number of rotatable bonds is 5. The Labute approximate surface area is 169 Å². The molecule has 2 aromatic rings. The molecule has 2 saturated heterocycles. The Balaban J connectivity index is 1.43. The van der Waals surface area contributed by atoms with Crippen molar-refractivity contribution < 1.29 is 14.6 Å². The van der Waals surface area contributed by atoms with Gasteiger partial charge in [-0.05, 0) is 31.4 Å². The van der Waals surface area contributed by atoms with Crippen LogP contribution in [0.5, 0.6) is 5.75 Å². The molecule has 0 saturated carbocycles. The van der Waals surface area contributed by atoms with Crippen molar-refractivity contribution in [3.63, 3.8) is 0 Å². The second kappa shape index (κ2) is 8.59. The van der Waals surface area contributed by atoms with Gasteiger partial charge in [-0.3, -0.25) is 9.69 Å². The lowest BCUT2D eigenvalue weighted by molar-refractivity contribution is -0.141. The Bertz CT molecular complexity index is 819. The van der Waals surface area contributed by atoms with Crippen LogP contribution >= 0.6 is 11.3 Å². The summed E-state index contributed by atoms with van der Waals surface area (Å²) in [7, 11) is 1.67. The van der Waals surface area contributed by atoms with Crippen LogP contribution in [0.2, 0.25) is 0 Å². The number of ether oxygens (including phenoxy) is 1. The lowest BCUT2D eigenvalue weighted by atomic mass is 9.93. The van der Waals surface area contributed by atoms with Crippen molar-refractivity contribution in [3.05, 3.63) is 35.3 Å². The summed E-state index contributed by atoms with van der Waals surface area (Å²) in [5, 5.41) is 11.3. The maximum Gasteiger partial charge on any atom is 0.229 e. The number of nitrogens with zero attached hydrogens (tertiary/aromatic N) is 3. The van der Waals surface area contributed by atoms with Crippen LogP contribution in [0.4, 0.5) is 0 Å². The number of amides is 1. The van der Waals surface area contributed by atoms with Gasteiger partial charge < -0.3 is 14.7 Å². The van der Waals surface area contributed by atoms with E-state index in [-0.39, 0.29) is 11.8 Å². The lowest BCUT2D eigenvalue weighted by Gasteiger charge is -2.36. The van der Waals surface area contributed by atoms with Crippen molar-refractivity contribution in [3.8, 4) is 16.3 Å². The van der Waals surface area contributed by atoms with E-state index in [1.54, 1.807) is 18.4 Å². The first-order chi connectivity index (χ1) is 13.7. The molecule has 3 heterocycles. The van der Waals surface area contributed by atoms with E-state index in [2.05, 4.69) is 9.88 Å². The van der Waals surface area contributed by atoms with Crippen LogP contribution in [0.15, 0.2) is 30.5 Å². The second-order valence-electron chi connectivity index (χ2n) is 7.56. The molecule has 0 radical (unpaired) electrons. The number of carbonyl (C=O) groups is 1. The molecule has 7 heteroatoms. The average Bonchev–Trinajstić information content (AvgIpc) is 3.41. The van der Waals surface area contributed by atoms with Gasteiger partial charge in [-0.1, -0.05) is 12.1 Å². The highest BCUT2D eigenvalue weighted by Gasteiger charge is 2.36. The highest BCUT2D eigenvalue weighted by Crippen LogP contribution is 2.33. The van der Waals surface area contributed by atoms with Crippen LogP contribution < -0.4 is 4.74 Å². The molecule has 1 N–H and O–H groups in total. The Hall–Kier alpha value is -1.96. The van der Waals surface area contributed by atoms with Gasteiger partial charge >= 0.3 is 0 Å². The largest absolute Gasteiger partial charge is 0.496 e. The fourth-order valence-electron chi connectivity index (χ4n) is 4.11. The first-order valence-corrected chi connectivity index (χ1v) is 10.7. The number of hydrogen-bond donors (Lipinski definition) is 1. The van der Waals surface area contributed by atoms with E-state index in [0.717, 1.165) is 60.2 Å². The Morgan fingerprint density at radius 1 is 1.29 bits per heavy atom.